The van der Waals surface area contributed by atoms with Crippen LogP contribution in [0.15, 0.2) is 0 Å². The van der Waals surface area contributed by atoms with Gasteiger partial charge in [0.1, 0.15) is 19.3 Å². The van der Waals surface area contributed by atoms with Crippen molar-refractivity contribution in [1.29, 1.82) is 0 Å². The summed E-state index contributed by atoms with van der Waals surface area (Å²) in [6.45, 7) is 5.15. The molecule has 0 spiro atoms. The fourth-order valence-electron chi connectivity index (χ4n) is 2.14. The maximum atomic E-state index is 11.8. The van der Waals surface area contributed by atoms with Crippen LogP contribution in [0, 0.1) is 5.92 Å². The van der Waals surface area contributed by atoms with Crippen LogP contribution < -0.4 is 21.3 Å². The first-order valence-electron chi connectivity index (χ1n) is 11.2. The summed E-state index contributed by atoms with van der Waals surface area (Å²) >= 11 is 0. The molecular formula is C23H48N4O11. The summed E-state index contributed by atoms with van der Waals surface area (Å²) < 4.78 is 24.9. The molecule has 1 unspecified atom stereocenters. The molecule has 15 heteroatoms. The van der Waals surface area contributed by atoms with Gasteiger partial charge < -0.3 is 50.1 Å². The maximum Gasteiger partial charge on any atom is 0.407 e. The van der Waals surface area contributed by atoms with E-state index in [1.54, 1.807) is 13.8 Å². The summed E-state index contributed by atoms with van der Waals surface area (Å²) in [6.07, 6.45) is -3.47. The Bertz CT molecular complexity index is 623. The molecule has 0 saturated carbocycles. The van der Waals surface area contributed by atoms with Crippen molar-refractivity contribution < 1.29 is 52.8 Å². The first-order chi connectivity index (χ1) is 16.7. The van der Waals surface area contributed by atoms with Gasteiger partial charge >= 0.3 is 30.3 Å². The number of hydrogen-bond acceptors (Lipinski definition) is 10. The first kappa shape index (κ1) is 41.6. The summed E-state index contributed by atoms with van der Waals surface area (Å²) in [5.41, 5.74) is 0. The maximum absolute atomic E-state index is 11.8. The van der Waals surface area contributed by atoms with E-state index in [0.717, 1.165) is 0 Å². The molecule has 4 amide bonds. The van der Waals surface area contributed by atoms with E-state index in [-0.39, 0.29) is 87.9 Å². The molecule has 0 fully saturated rings. The summed E-state index contributed by atoms with van der Waals surface area (Å²) in [5.74, 6) is -1.63. The summed E-state index contributed by atoms with van der Waals surface area (Å²) in [4.78, 5) is 56.9. The lowest BCUT2D eigenvalue weighted by atomic mass is 10.1. The molecule has 0 aliphatic rings. The standard InChI is InChI=1S/C20H36N4O11.3CH4/c1-4-31-17(27)21-7-9-23-19(29)34-12-15(33-11-6-14(3)16(25)26)13-35-20(30)24-10-8-22-18(28)32-5-2;;;/h14-15H,4-13H2,1-3H3,(H,21,27)(H,22,28)(H,23,29)(H,24,30)(H,25,26);3*1H4. The number of carboxylic acids is 1. The third-order valence-corrected chi connectivity index (χ3v) is 4.00. The van der Waals surface area contributed by atoms with E-state index in [1.165, 1.54) is 6.92 Å². The molecule has 0 aliphatic carbocycles. The zero-order chi connectivity index (χ0) is 26.5. The van der Waals surface area contributed by atoms with Crippen LogP contribution in [0.5, 0.6) is 0 Å². The minimum absolute atomic E-state index is 0. The molecule has 226 valence electrons. The number of nitrogens with one attached hydrogen (secondary N) is 4. The molecular weight excluding hydrogens is 508 g/mol. The SMILES string of the molecule is C.C.C.CCOC(=O)NCCNC(=O)OCC(COC(=O)NCCNC(=O)OCC)OCCC(C)C(=O)O. The predicted molar refractivity (Wildman–Crippen MR) is 140 cm³/mol. The smallest absolute Gasteiger partial charge is 0.407 e. The lowest BCUT2D eigenvalue weighted by Gasteiger charge is -2.19. The van der Waals surface area contributed by atoms with Crippen molar-refractivity contribution in [2.75, 3.05) is 59.2 Å². The van der Waals surface area contributed by atoms with Crippen molar-refractivity contribution in [2.24, 2.45) is 5.92 Å². The zero-order valence-electron chi connectivity index (χ0n) is 20.3. The molecule has 0 saturated heterocycles. The highest BCUT2D eigenvalue weighted by Gasteiger charge is 2.18. The Morgan fingerprint density at radius 3 is 1.32 bits per heavy atom. The fourth-order valence-corrected chi connectivity index (χ4v) is 2.14. The molecule has 0 radical (unpaired) electrons. The normalized spacial score (nSPS) is 10.2. The number of hydrogen-bond donors (Lipinski definition) is 5. The predicted octanol–water partition coefficient (Wildman–Crippen LogP) is 2.34. The van der Waals surface area contributed by atoms with Crippen LogP contribution in [-0.2, 0) is 28.5 Å². The van der Waals surface area contributed by atoms with Gasteiger partial charge in [-0.15, -0.1) is 0 Å². The Balaban J connectivity index is -0.00000193. The second-order valence-electron chi connectivity index (χ2n) is 6.87. The van der Waals surface area contributed by atoms with Gasteiger partial charge in [0.05, 0.1) is 19.1 Å². The largest absolute Gasteiger partial charge is 0.481 e. The monoisotopic (exact) mass is 556 g/mol. The van der Waals surface area contributed by atoms with Crippen LogP contribution in [0.2, 0.25) is 0 Å². The third kappa shape index (κ3) is 24.2. The number of amides is 4. The lowest BCUT2D eigenvalue weighted by Crippen LogP contribution is -2.38. The van der Waals surface area contributed by atoms with E-state index in [4.69, 9.17) is 19.3 Å². The van der Waals surface area contributed by atoms with Gasteiger partial charge in [-0.3, -0.25) is 4.79 Å². The second kappa shape index (κ2) is 26.6. The van der Waals surface area contributed by atoms with Gasteiger partial charge in [-0.25, -0.2) is 19.2 Å². The van der Waals surface area contributed by atoms with Crippen LogP contribution in [-0.4, -0.2) is 101 Å². The highest BCUT2D eigenvalue weighted by molar-refractivity contribution is 5.70. The Kier molecular flexibility index (Phi) is 29.1. The molecule has 15 nitrogen and oxygen atoms in total. The molecule has 1 atom stereocenters. The first-order valence-corrected chi connectivity index (χ1v) is 11.2. The second-order valence-corrected chi connectivity index (χ2v) is 6.87. The number of carbonyl (C=O) groups is 5. The average molecular weight is 557 g/mol. The summed E-state index contributed by atoms with van der Waals surface area (Å²) in [6, 6.07) is 0. The number of carboxylic acid groups (broad SMARTS) is 1. The minimum Gasteiger partial charge on any atom is -0.481 e. The molecule has 0 bridgehead atoms. The van der Waals surface area contributed by atoms with Crippen LogP contribution in [0.4, 0.5) is 19.2 Å². The van der Waals surface area contributed by atoms with E-state index < -0.39 is 42.4 Å². The highest BCUT2D eigenvalue weighted by Crippen LogP contribution is 2.05. The summed E-state index contributed by atoms with van der Waals surface area (Å²) in [5, 5.41) is 18.6. The van der Waals surface area contributed by atoms with Crippen molar-refractivity contribution >= 4 is 30.3 Å². The van der Waals surface area contributed by atoms with Gasteiger partial charge in [-0.1, -0.05) is 29.2 Å². The third-order valence-electron chi connectivity index (χ3n) is 4.00. The van der Waals surface area contributed by atoms with Crippen LogP contribution in [0.1, 0.15) is 49.5 Å². The topological polar surface area (TPSA) is 200 Å². The number of aliphatic carboxylic acids is 1. The number of rotatable bonds is 17. The Morgan fingerprint density at radius 1 is 0.658 bits per heavy atom. The molecule has 0 aromatic heterocycles. The van der Waals surface area contributed by atoms with Gasteiger partial charge in [0, 0.05) is 32.8 Å². The molecule has 0 heterocycles. The van der Waals surface area contributed by atoms with Gasteiger partial charge in [-0.05, 0) is 20.3 Å². The van der Waals surface area contributed by atoms with Crippen molar-refractivity contribution in [3.8, 4) is 0 Å². The van der Waals surface area contributed by atoms with Crippen LogP contribution in [0.25, 0.3) is 0 Å². The Hall–Kier alpha value is -3.49. The van der Waals surface area contributed by atoms with Crippen LogP contribution >= 0.6 is 0 Å². The molecule has 0 aromatic rings. The highest BCUT2D eigenvalue weighted by atomic mass is 16.6. The van der Waals surface area contributed by atoms with Crippen molar-refractivity contribution in [1.82, 2.24) is 21.3 Å². The van der Waals surface area contributed by atoms with Gasteiger partial charge in [0.15, 0.2) is 0 Å². The van der Waals surface area contributed by atoms with E-state index in [0.29, 0.717) is 0 Å². The summed E-state index contributed by atoms with van der Waals surface area (Å²) in [7, 11) is 0. The molecule has 0 rings (SSSR count). The van der Waals surface area contributed by atoms with E-state index in [2.05, 4.69) is 30.7 Å². The van der Waals surface area contributed by atoms with Gasteiger partial charge in [-0.2, -0.15) is 0 Å². The van der Waals surface area contributed by atoms with E-state index in [9.17, 15) is 24.0 Å². The lowest BCUT2D eigenvalue weighted by molar-refractivity contribution is -0.142. The van der Waals surface area contributed by atoms with Crippen LogP contribution in [0.3, 0.4) is 0 Å². The number of ether oxygens (including phenoxy) is 5. The zero-order valence-corrected chi connectivity index (χ0v) is 20.3. The van der Waals surface area contributed by atoms with Crippen molar-refractivity contribution in [3.05, 3.63) is 0 Å². The quantitative estimate of drug-likeness (QED) is 0.130. The Morgan fingerprint density at radius 2 is 1.00 bits per heavy atom. The molecule has 5 N–H and O–H groups in total. The molecule has 0 aromatic carbocycles. The average Bonchev–Trinajstić information content (AvgIpc) is 2.81. The molecule has 0 aliphatic heterocycles. The number of carbonyl (C=O) groups excluding carboxylic acids is 4. The number of alkyl carbamates (subject to hydrolysis) is 4. The minimum atomic E-state index is -0.982. The van der Waals surface area contributed by atoms with E-state index >= 15 is 0 Å². The Labute approximate surface area is 225 Å². The fraction of sp³-hybridized carbons (Fsp3) is 0.783. The van der Waals surface area contributed by atoms with Gasteiger partial charge in [0.25, 0.3) is 0 Å². The van der Waals surface area contributed by atoms with E-state index in [1.807, 2.05) is 0 Å². The van der Waals surface area contributed by atoms with Crippen molar-refractivity contribution in [2.45, 2.75) is 55.6 Å². The molecule has 38 heavy (non-hydrogen) atoms. The van der Waals surface area contributed by atoms with Crippen molar-refractivity contribution in [3.63, 3.8) is 0 Å². The van der Waals surface area contributed by atoms with Gasteiger partial charge in [0.2, 0.25) is 0 Å².